The maximum absolute atomic E-state index is 12.2. The Balaban J connectivity index is 2.29. The summed E-state index contributed by atoms with van der Waals surface area (Å²) in [5.74, 6) is -0.800. The lowest BCUT2D eigenvalue weighted by Crippen LogP contribution is -2.15. The third kappa shape index (κ3) is 2.80. The molecule has 0 amide bonds. The molecule has 3 aliphatic rings. The SMILES string of the molecule is Cc1cc2cc(C)c1-c1c(C)cc(cc1C)C(=O)OCCOC2=O. The quantitative estimate of drug-likeness (QED) is 0.689. The van der Waals surface area contributed by atoms with E-state index in [4.69, 9.17) is 9.47 Å². The number of carbonyl (C=O) groups is 2. The summed E-state index contributed by atoms with van der Waals surface area (Å²) in [4.78, 5) is 24.3. The summed E-state index contributed by atoms with van der Waals surface area (Å²) < 4.78 is 10.4. The van der Waals surface area contributed by atoms with Gasteiger partial charge in [0.1, 0.15) is 13.2 Å². The van der Waals surface area contributed by atoms with Crippen molar-refractivity contribution in [1.82, 2.24) is 0 Å². The molecule has 3 heterocycles. The Morgan fingerprint density at radius 1 is 0.625 bits per heavy atom. The minimum atomic E-state index is -0.400. The van der Waals surface area contributed by atoms with Crippen molar-refractivity contribution in [2.45, 2.75) is 27.7 Å². The van der Waals surface area contributed by atoms with E-state index in [1.165, 1.54) is 0 Å². The highest BCUT2D eigenvalue weighted by Gasteiger charge is 2.19. The average molecular weight is 324 g/mol. The van der Waals surface area contributed by atoms with Crippen LogP contribution < -0.4 is 0 Å². The molecule has 4 heteroatoms. The van der Waals surface area contributed by atoms with Crippen LogP contribution in [0, 0.1) is 27.7 Å². The first kappa shape index (κ1) is 16.2. The number of carbonyl (C=O) groups excluding carboxylic acids is 2. The van der Waals surface area contributed by atoms with E-state index in [-0.39, 0.29) is 13.2 Å². The molecule has 0 spiro atoms. The van der Waals surface area contributed by atoms with Crippen LogP contribution in [0.1, 0.15) is 43.0 Å². The Bertz CT molecular complexity index is 731. The molecule has 5 rings (SSSR count). The third-order valence-corrected chi connectivity index (χ3v) is 4.34. The molecule has 0 fully saturated rings. The standard InChI is InChI=1S/C20H20O4/c1-11-7-15-8-12(2)17(11)18-13(3)9-16(10-14(18)4)20(22)24-6-5-23-19(15)21/h7-10H,5-6H2,1-4H3. The molecule has 0 aliphatic carbocycles. The van der Waals surface area contributed by atoms with Crippen molar-refractivity contribution in [3.05, 3.63) is 57.6 Å². The van der Waals surface area contributed by atoms with Crippen LogP contribution >= 0.6 is 0 Å². The highest BCUT2D eigenvalue weighted by atomic mass is 16.6. The van der Waals surface area contributed by atoms with Crippen molar-refractivity contribution < 1.29 is 19.1 Å². The Kier molecular flexibility index (Phi) is 4.14. The molecule has 0 unspecified atom stereocenters. The highest BCUT2D eigenvalue weighted by Crippen LogP contribution is 2.34. The highest BCUT2D eigenvalue weighted by molar-refractivity contribution is 5.94. The molecule has 3 aliphatic heterocycles. The fourth-order valence-electron chi connectivity index (χ4n) is 3.39. The van der Waals surface area contributed by atoms with Gasteiger partial charge in [-0.25, -0.2) is 9.59 Å². The lowest BCUT2D eigenvalue weighted by molar-refractivity contribution is 0.0265. The number of fused-ring (bicyclic) bond motifs is 2. The predicted octanol–water partition coefficient (Wildman–Crippen LogP) is 3.91. The minimum absolute atomic E-state index is 0.0421. The summed E-state index contributed by atoms with van der Waals surface area (Å²) in [6.45, 7) is 8.05. The zero-order valence-electron chi connectivity index (χ0n) is 14.4. The topological polar surface area (TPSA) is 52.6 Å². The van der Waals surface area contributed by atoms with Crippen LogP contribution in [0.3, 0.4) is 0 Å². The van der Waals surface area contributed by atoms with Crippen LogP contribution in [0.5, 0.6) is 0 Å². The number of ether oxygens (including phenoxy) is 2. The van der Waals surface area contributed by atoms with E-state index >= 15 is 0 Å². The van der Waals surface area contributed by atoms with Crippen LogP contribution in [0.15, 0.2) is 24.3 Å². The van der Waals surface area contributed by atoms with Gasteiger partial charge in [-0.2, -0.15) is 0 Å². The molecule has 0 saturated carbocycles. The van der Waals surface area contributed by atoms with Gasteiger partial charge in [0.15, 0.2) is 0 Å². The number of hydrogen-bond acceptors (Lipinski definition) is 4. The van der Waals surface area contributed by atoms with Gasteiger partial charge in [0.05, 0.1) is 11.1 Å². The maximum Gasteiger partial charge on any atom is 0.338 e. The Labute approximate surface area is 141 Å². The number of hydrogen-bond donors (Lipinski definition) is 0. The number of benzene rings is 2. The van der Waals surface area contributed by atoms with E-state index in [2.05, 4.69) is 0 Å². The molecular formula is C20H20O4. The van der Waals surface area contributed by atoms with Crippen LogP contribution in [-0.4, -0.2) is 25.2 Å². The predicted molar refractivity (Wildman–Crippen MR) is 91.4 cm³/mol. The third-order valence-electron chi connectivity index (χ3n) is 4.34. The summed E-state index contributed by atoms with van der Waals surface area (Å²) in [6, 6.07) is 7.43. The second-order valence-electron chi connectivity index (χ2n) is 6.24. The normalized spacial score (nSPS) is 14.3. The fraction of sp³-hybridized carbons (Fsp3) is 0.300. The van der Waals surface area contributed by atoms with E-state index < -0.39 is 11.9 Å². The van der Waals surface area contributed by atoms with E-state index in [1.54, 1.807) is 0 Å². The molecule has 4 nitrogen and oxygen atoms in total. The van der Waals surface area contributed by atoms with Gasteiger partial charge in [0, 0.05) is 0 Å². The Morgan fingerprint density at radius 2 is 0.917 bits per heavy atom. The molecule has 4 bridgehead atoms. The van der Waals surface area contributed by atoms with Crippen LogP contribution in [0.25, 0.3) is 11.1 Å². The second kappa shape index (κ2) is 6.11. The average Bonchev–Trinajstić information content (AvgIpc) is 2.51. The minimum Gasteiger partial charge on any atom is -0.458 e. The Morgan fingerprint density at radius 3 is 1.21 bits per heavy atom. The van der Waals surface area contributed by atoms with E-state index in [9.17, 15) is 9.59 Å². The van der Waals surface area contributed by atoms with E-state index in [1.807, 2.05) is 52.0 Å². The zero-order chi connectivity index (χ0) is 17.4. The van der Waals surface area contributed by atoms with Crippen LogP contribution in [0.2, 0.25) is 0 Å². The van der Waals surface area contributed by atoms with Crippen molar-refractivity contribution in [2.75, 3.05) is 13.2 Å². The summed E-state index contributed by atoms with van der Waals surface area (Å²) >= 11 is 0. The largest absolute Gasteiger partial charge is 0.458 e. The molecule has 0 atom stereocenters. The van der Waals surface area contributed by atoms with Gasteiger partial charge in [-0.05, 0) is 85.3 Å². The van der Waals surface area contributed by atoms with Crippen molar-refractivity contribution in [2.24, 2.45) is 0 Å². The van der Waals surface area contributed by atoms with Crippen molar-refractivity contribution >= 4 is 11.9 Å². The Hall–Kier alpha value is -2.62. The first-order chi connectivity index (χ1) is 11.4. The zero-order valence-corrected chi connectivity index (χ0v) is 14.4. The number of esters is 2. The van der Waals surface area contributed by atoms with Crippen molar-refractivity contribution in [3.63, 3.8) is 0 Å². The molecule has 2 aromatic rings. The molecule has 0 saturated heterocycles. The lowest BCUT2D eigenvalue weighted by Gasteiger charge is -2.19. The van der Waals surface area contributed by atoms with Gasteiger partial charge < -0.3 is 9.47 Å². The summed E-state index contributed by atoms with van der Waals surface area (Å²) in [6.07, 6.45) is 0. The number of rotatable bonds is 0. The van der Waals surface area contributed by atoms with Crippen molar-refractivity contribution in [3.8, 4) is 11.1 Å². The summed E-state index contributed by atoms with van der Waals surface area (Å²) in [7, 11) is 0. The van der Waals surface area contributed by atoms with Gasteiger partial charge in [0.2, 0.25) is 0 Å². The lowest BCUT2D eigenvalue weighted by atomic mass is 9.87. The molecule has 24 heavy (non-hydrogen) atoms. The molecule has 0 N–H and O–H groups in total. The van der Waals surface area contributed by atoms with Gasteiger partial charge in [-0.1, -0.05) is 0 Å². The van der Waals surface area contributed by atoms with E-state index in [0.717, 1.165) is 33.4 Å². The molecule has 0 radical (unpaired) electrons. The molecule has 2 aromatic carbocycles. The molecular weight excluding hydrogens is 304 g/mol. The van der Waals surface area contributed by atoms with Crippen LogP contribution in [0.4, 0.5) is 0 Å². The smallest absolute Gasteiger partial charge is 0.338 e. The van der Waals surface area contributed by atoms with Gasteiger partial charge in [-0.15, -0.1) is 0 Å². The number of aryl methyl sites for hydroxylation is 4. The molecule has 124 valence electrons. The first-order valence-electron chi connectivity index (χ1n) is 7.95. The van der Waals surface area contributed by atoms with Gasteiger partial charge in [-0.3, -0.25) is 0 Å². The maximum atomic E-state index is 12.2. The second-order valence-corrected chi connectivity index (χ2v) is 6.24. The summed E-state index contributed by atoms with van der Waals surface area (Å²) in [5.41, 5.74) is 7.28. The summed E-state index contributed by atoms with van der Waals surface area (Å²) in [5, 5.41) is 0. The first-order valence-corrected chi connectivity index (χ1v) is 7.95. The monoisotopic (exact) mass is 324 g/mol. The van der Waals surface area contributed by atoms with Crippen LogP contribution in [-0.2, 0) is 9.47 Å². The van der Waals surface area contributed by atoms with E-state index in [0.29, 0.717) is 11.1 Å². The van der Waals surface area contributed by atoms with Gasteiger partial charge in [0.25, 0.3) is 0 Å². The fourth-order valence-corrected chi connectivity index (χ4v) is 3.39. The molecule has 0 aromatic heterocycles. The van der Waals surface area contributed by atoms with Crippen molar-refractivity contribution in [1.29, 1.82) is 0 Å². The van der Waals surface area contributed by atoms with Gasteiger partial charge >= 0.3 is 11.9 Å².